The van der Waals surface area contributed by atoms with Crippen molar-refractivity contribution < 1.29 is 0 Å². The van der Waals surface area contributed by atoms with Crippen LogP contribution in [0.3, 0.4) is 0 Å². The first-order chi connectivity index (χ1) is 6.79. The first kappa shape index (κ1) is 10.1. The molecule has 0 unspecified atom stereocenters. The van der Waals surface area contributed by atoms with Crippen LogP contribution in [0.2, 0.25) is 0 Å². The van der Waals surface area contributed by atoms with Crippen LogP contribution in [0, 0.1) is 5.92 Å². The molecule has 2 N–H and O–H groups in total. The number of thioether (sulfide) groups is 1. The topological polar surface area (TPSA) is 26.0 Å². The molecule has 0 aromatic heterocycles. The zero-order valence-electron chi connectivity index (χ0n) is 8.57. The van der Waals surface area contributed by atoms with Gasteiger partial charge >= 0.3 is 0 Å². The first-order valence-corrected chi connectivity index (χ1v) is 6.41. The number of hydrogen-bond donors (Lipinski definition) is 1. The lowest BCUT2D eigenvalue weighted by Crippen LogP contribution is -2.10. The fourth-order valence-electron chi connectivity index (χ4n) is 1.70. The van der Waals surface area contributed by atoms with Gasteiger partial charge in [-0.3, -0.25) is 0 Å². The molecule has 0 heterocycles. The summed E-state index contributed by atoms with van der Waals surface area (Å²) in [6.07, 6.45) is 6.03. The second-order valence-corrected chi connectivity index (χ2v) is 4.94. The van der Waals surface area contributed by atoms with Crippen LogP contribution in [0.4, 0.5) is 0 Å². The van der Waals surface area contributed by atoms with Gasteiger partial charge in [-0.05, 0) is 36.3 Å². The Labute approximate surface area is 90.1 Å². The molecule has 0 amide bonds. The van der Waals surface area contributed by atoms with Gasteiger partial charge in [-0.15, -0.1) is 11.8 Å². The van der Waals surface area contributed by atoms with Crippen molar-refractivity contribution in [2.45, 2.75) is 30.2 Å². The molecule has 1 atom stereocenters. The Morgan fingerprint density at radius 1 is 1.36 bits per heavy atom. The molecule has 1 aromatic carbocycles. The van der Waals surface area contributed by atoms with Gasteiger partial charge in [0, 0.05) is 10.9 Å². The highest BCUT2D eigenvalue weighted by atomic mass is 32.2. The van der Waals surface area contributed by atoms with Gasteiger partial charge in [-0.25, -0.2) is 0 Å². The van der Waals surface area contributed by atoms with Crippen LogP contribution in [-0.4, -0.2) is 6.26 Å². The van der Waals surface area contributed by atoms with Crippen molar-refractivity contribution in [3.63, 3.8) is 0 Å². The molecule has 0 saturated heterocycles. The first-order valence-electron chi connectivity index (χ1n) is 5.19. The largest absolute Gasteiger partial charge is 0.324 e. The zero-order chi connectivity index (χ0) is 9.97. The Morgan fingerprint density at radius 2 is 2.00 bits per heavy atom. The smallest absolute Gasteiger partial charge is 0.0297 e. The lowest BCUT2D eigenvalue weighted by molar-refractivity contribution is 0.597. The summed E-state index contributed by atoms with van der Waals surface area (Å²) in [5.41, 5.74) is 7.41. The quantitative estimate of drug-likeness (QED) is 0.767. The molecule has 1 aromatic rings. The van der Waals surface area contributed by atoms with Gasteiger partial charge in [0.1, 0.15) is 0 Å². The van der Waals surface area contributed by atoms with Crippen molar-refractivity contribution in [1.29, 1.82) is 0 Å². The predicted octanol–water partition coefficient (Wildman–Crippen LogP) is 3.21. The Bertz CT molecular complexity index is 290. The molecule has 1 aliphatic carbocycles. The molecule has 0 radical (unpaired) electrons. The Balaban J connectivity index is 1.99. The molecule has 14 heavy (non-hydrogen) atoms. The molecule has 1 fully saturated rings. The van der Waals surface area contributed by atoms with E-state index in [9.17, 15) is 0 Å². The van der Waals surface area contributed by atoms with Crippen molar-refractivity contribution in [2.75, 3.05) is 6.26 Å². The van der Waals surface area contributed by atoms with E-state index < -0.39 is 0 Å². The molecule has 1 nitrogen and oxygen atoms in total. The zero-order valence-corrected chi connectivity index (χ0v) is 9.39. The average Bonchev–Trinajstić information content (AvgIpc) is 3.02. The van der Waals surface area contributed by atoms with Gasteiger partial charge in [0.2, 0.25) is 0 Å². The summed E-state index contributed by atoms with van der Waals surface area (Å²) in [4.78, 5) is 1.31. The third kappa shape index (κ3) is 2.52. The predicted molar refractivity (Wildman–Crippen MR) is 62.5 cm³/mol. The summed E-state index contributed by atoms with van der Waals surface area (Å²) in [7, 11) is 0. The average molecular weight is 207 g/mol. The SMILES string of the molecule is CSc1ccc([C@H](N)CC2CC2)cc1. The van der Waals surface area contributed by atoms with Gasteiger partial charge in [-0.2, -0.15) is 0 Å². The molecule has 0 spiro atoms. The van der Waals surface area contributed by atoms with Crippen LogP contribution in [0.1, 0.15) is 30.9 Å². The summed E-state index contributed by atoms with van der Waals surface area (Å²) < 4.78 is 0. The Morgan fingerprint density at radius 3 is 2.50 bits per heavy atom. The molecule has 0 bridgehead atoms. The van der Waals surface area contributed by atoms with Gasteiger partial charge in [-0.1, -0.05) is 25.0 Å². The molecular weight excluding hydrogens is 190 g/mol. The Kier molecular flexibility index (Phi) is 3.14. The maximum absolute atomic E-state index is 6.12. The summed E-state index contributed by atoms with van der Waals surface area (Å²) in [5, 5.41) is 0. The third-order valence-electron chi connectivity index (χ3n) is 2.83. The summed E-state index contributed by atoms with van der Waals surface area (Å²) >= 11 is 1.77. The highest BCUT2D eigenvalue weighted by molar-refractivity contribution is 7.98. The van der Waals surface area contributed by atoms with Crippen LogP contribution >= 0.6 is 11.8 Å². The van der Waals surface area contributed by atoms with Crippen LogP contribution in [0.5, 0.6) is 0 Å². The minimum absolute atomic E-state index is 0.249. The molecule has 1 saturated carbocycles. The van der Waals surface area contributed by atoms with Crippen molar-refractivity contribution in [1.82, 2.24) is 0 Å². The normalized spacial score (nSPS) is 18.1. The van der Waals surface area contributed by atoms with Crippen LogP contribution in [0.25, 0.3) is 0 Å². The van der Waals surface area contributed by atoms with Gasteiger partial charge in [0.15, 0.2) is 0 Å². The lowest BCUT2D eigenvalue weighted by Gasteiger charge is -2.11. The second kappa shape index (κ2) is 4.37. The fraction of sp³-hybridized carbons (Fsp3) is 0.500. The third-order valence-corrected chi connectivity index (χ3v) is 3.57. The molecule has 2 heteroatoms. The standard InChI is InChI=1S/C12H17NS/c1-14-11-6-4-10(5-7-11)12(13)8-9-2-3-9/h4-7,9,12H,2-3,8,13H2,1H3/t12-/m1/s1. The van der Waals surface area contributed by atoms with E-state index in [1.807, 2.05) is 0 Å². The summed E-state index contributed by atoms with van der Waals surface area (Å²) in [5.74, 6) is 0.908. The van der Waals surface area contributed by atoms with Gasteiger partial charge in [0.05, 0.1) is 0 Å². The highest BCUT2D eigenvalue weighted by Gasteiger charge is 2.24. The molecule has 1 aliphatic rings. The molecule has 2 rings (SSSR count). The van der Waals surface area contributed by atoms with Crippen LogP contribution in [0.15, 0.2) is 29.2 Å². The molecular formula is C12H17NS. The second-order valence-electron chi connectivity index (χ2n) is 4.06. The molecule has 76 valence electrons. The fourth-order valence-corrected chi connectivity index (χ4v) is 2.11. The van der Waals surface area contributed by atoms with E-state index in [-0.39, 0.29) is 6.04 Å². The minimum atomic E-state index is 0.249. The van der Waals surface area contributed by atoms with E-state index in [1.54, 1.807) is 11.8 Å². The van der Waals surface area contributed by atoms with Crippen LogP contribution < -0.4 is 5.73 Å². The van der Waals surface area contributed by atoms with E-state index in [2.05, 4.69) is 30.5 Å². The van der Waals surface area contributed by atoms with Crippen molar-refractivity contribution >= 4 is 11.8 Å². The van der Waals surface area contributed by atoms with E-state index >= 15 is 0 Å². The maximum atomic E-state index is 6.12. The number of benzene rings is 1. The number of nitrogens with two attached hydrogens (primary N) is 1. The number of rotatable bonds is 4. The van der Waals surface area contributed by atoms with E-state index in [0.717, 1.165) is 5.92 Å². The minimum Gasteiger partial charge on any atom is -0.324 e. The van der Waals surface area contributed by atoms with E-state index in [4.69, 9.17) is 5.73 Å². The van der Waals surface area contributed by atoms with Crippen LogP contribution in [-0.2, 0) is 0 Å². The lowest BCUT2D eigenvalue weighted by atomic mass is 10.0. The van der Waals surface area contributed by atoms with E-state index in [1.165, 1.54) is 29.7 Å². The van der Waals surface area contributed by atoms with Crippen molar-refractivity contribution in [3.8, 4) is 0 Å². The summed E-state index contributed by atoms with van der Waals surface area (Å²) in [6, 6.07) is 8.90. The Hall–Kier alpha value is -0.470. The molecule has 0 aliphatic heterocycles. The van der Waals surface area contributed by atoms with Crippen molar-refractivity contribution in [3.05, 3.63) is 29.8 Å². The van der Waals surface area contributed by atoms with E-state index in [0.29, 0.717) is 0 Å². The number of hydrogen-bond acceptors (Lipinski definition) is 2. The van der Waals surface area contributed by atoms with Gasteiger partial charge in [0.25, 0.3) is 0 Å². The van der Waals surface area contributed by atoms with Gasteiger partial charge < -0.3 is 5.73 Å². The monoisotopic (exact) mass is 207 g/mol. The maximum Gasteiger partial charge on any atom is 0.0297 e. The highest BCUT2D eigenvalue weighted by Crippen LogP contribution is 2.36. The summed E-state index contributed by atoms with van der Waals surface area (Å²) in [6.45, 7) is 0. The van der Waals surface area contributed by atoms with Crippen molar-refractivity contribution in [2.24, 2.45) is 11.7 Å².